The molecule has 3 N–H and O–H groups in total. The van der Waals surface area contributed by atoms with Gasteiger partial charge in [-0.3, -0.25) is 9.59 Å². The van der Waals surface area contributed by atoms with Crippen molar-refractivity contribution in [3.8, 4) is 0 Å². The number of ether oxygens (including phenoxy) is 1. The van der Waals surface area contributed by atoms with E-state index in [9.17, 15) is 19.5 Å². The van der Waals surface area contributed by atoms with Gasteiger partial charge in [-0.15, -0.1) is 23.1 Å². The lowest BCUT2D eigenvalue weighted by Crippen LogP contribution is -2.57. The van der Waals surface area contributed by atoms with Gasteiger partial charge in [0.15, 0.2) is 0 Å². The number of thioether (sulfide) groups is 1. The zero-order valence-corrected chi connectivity index (χ0v) is 25.6. The lowest BCUT2D eigenvalue weighted by Gasteiger charge is -2.32. The van der Waals surface area contributed by atoms with Gasteiger partial charge in [-0.2, -0.15) is 0 Å². The maximum absolute atomic E-state index is 13.7. The van der Waals surface area contributed by atoms with Crippen LogP contribution in [-0.2, 0) is 20.7 Å². The van der Waals surface area contributed by atoms with Gasteiger partial charge in [0.25, 0.3) is 0 Å². The van der Waals surface area contributed by atoms with Crippen LogP contribution in [0.15, 0.2) is 54.6 Å². The van der Waals surface area contributed by atoms with Gasteiger partial charge in [0.05, 0.1) is 22.1 Å². The molecule has 11 heteroatoms. The van der Waals surface area contributed by atoms with Gasteiger partial charge < -0.3 is 25.4 Å². The van der Waals surface area contributed by atoms with E-state index < -0.39 is 35.9 Å². The Morgan fingerprint density at radius 2 is 1.76 bits per heavy atom. The van der Waals surface area contributed by atoms with Crippen LogP contribution in [0.5, 0.6) is 0 Å². The third-order valence-corrected chi connectivity index (χ3v) is 8.76. The predicted octanol–water partition coefficient (Wildman–Crippen LogP) is 4.51. The van der Waals surface area contributed by atoms with Gasteiger partial charge in [0, 0.05) is 5.75 Å². The largest absolute Gasteiger partial charge is 0.444 e. The molecule has 0 bridgehead atoms. The summed E-state index contributed by atoms with van der Waals surface area (Å²) in [5, 5.41) is 17.7. The van der Waals surface area contributed by atoms with Crippen molar-refractivity contribution in [3.05, 3.63) is 65.2 Å². The number of benzene rings is 2. The third kappa shape index (κ3) is 7.99. The minimum atomic E-state index is -1.05. The lowest BCUT2D eigenvalue weighted by molar-refractivity contribution is -0.141. The average Bonchev–Trinajstić information content (AvgIpc) is 3.58. The zero-order valence-electron chi connectivity index (χ0n) is 24.0. The Bertz CT molecular complexity index is 1320. The van der Waals surface area contributed by atoms with Crippen molar-refractivity contribution in [2.75, 3.05) is 11.6 Å². The van der Waals surface area contributed by atoms with E-state index in [1.165, 1.54) is 28.0 Å². The van der Waals surface area contributed by atoms with Gasteiger partial charge in [-0.1, -0.05) is 56.3 Å². The van der Waals surface area contributed by atoms with Crippen LogP contribution in [0.2, 0.25) is 0 Å². The summed E-state index contributed by atoms with van der Waals surface area (Å²) in [4.78, 5) is 46.0. The Balaban J connectivity index is 1.52. The number of para-hydroxylation sites is 1. The van der Waals surface area contributed by atoms with E-state index >= 15 is 0 Å². The van der Waals surface area contributed by atoms with Gasteiger partial charge >= 0.3 is 6.09 Å². The number of thiazole rings is 1. The summed E-state index contributed by atoms with van der Waals surface area (Å²) in [6.07, 6.45) is -1.35. The maximum atomic E-state index is 13.7. The monoisotopic (exact) mass is 598 g/mol. The SMILES string of the molecule is CC(C)[C@H](NC(=O)OC(C)(C)C)C(=O)N1CSC[C@H]1C(=O)N[C@@H](Cc1ccccc1)C(O)c1nc2ccccc2s1. The van der Waals surface area contributed by atoms with Crippen LogP contribution in [0.25, 0.3) is 10.2 Å². The van der Waals surface area contributed by atoms with Crippen molar-refractivity contribution in [1.82, 2.24) is 20.5 Å². The minimum Gasteiger partial charge on any atom is -0.444 e. The summed E-state index contributed by atoms with van der Waals surface area (Å²) < 4.78 is 6.32. The van der Waals surface area contributed by atoms with Crippen molar-refractivity contribution in [1.29, 1.82) is 0 Å². The van der Waals surface area contributed by atoms with E-state index in [4.69, 9.17) is 4.74 Å². The van der Waals surface area contributed by atoms with Crippen molar-refractivity contribution >= 4 is 51.2 Å². The van der Waals surface area contributed by atoms with Crippen molar-refractivity contribution in [2.24, 2.45) is 5.92 Å². The van der Waals surface area contributed by atoms with Gasteiger partial charge in [-0.05, 0) is 50.8 Å². The summed E-state index contributed by atoms with van der Waals surface area (Å²) in [5.41, 5.74) is 1.03. The molecule has 4 atom stereocenters. The fourth-order valence-electron chi connectivity index (χ4n) is 4.58. The number of alkyl carbamates (subject to hydrolysis) is 1. The van der Waals surface area contributed by atoms with Crippen LogP contribution in [0.3, 0.4) is 0 Å². The van der Waals surface area contributed by atoms with Crippen LogP contribution in [0, 0.1) is 5.92 Å². The van der Waals surface area contributed by atoms with E-state index in [1.807, 2.05) is 68.4 Å². The number of nitrogens with zero attached hydrogens (tertiary/aromatic N) is 2. The Morgan fingerprint density at radius 3 is 2.41 bits per heavy atom. The van der Waals surface area contributed by atoms with Crippen molar-refractivity contribution in [3.63, 3.8) is 0 Å². The van der Waals surface area contributed by atoms with Crippen LogP contribution in [-0.4, -0.2) is 68.3 Å². The summed E-state index contributed by atoms with van der Waals surface area (Å²) in [7, 11) is 0. The Kier molecular flexibility index (Phi) is 9.93. The third-order valence-electron chi connectivity index (χ3n) is 6.64. The maximum Gasteiger partial charge on any atom is 0.408 e. The molecule has 1 fully saturated rings. The summed E-state index contributed by atoms with van der Waals surface area (Å²) in [6.45, 7) is 8.94. The quantitative estimate of drug-likeness (QED) is 0.332. The molecule has 41 heavy (non-hydrogen) atoms. The van der Waals surface area contributed by atoms with E-state index in [1.54, 1.807) is 20.8 Å². The molecule has 3 amide bonds. The van der Waals surface area contributed by atoms with Gasteiger partial charge in [-0.25, -0.2) is 9.78 Å². The number of aliphatic hydroxyl groups is 1. The minimum absolute atomic E-state index is 0.226. The van der Waals surface area contributed by atoms with Gasteiger partial charge in [0.1, 0.15) is 28.8 Å². The fourth-order valence-corrected chi connectivity index (χ4v) is 6.76. The molecule has 9 nitrogen and oxygen atoms in total. The molecule has 2 heterocycles. The number of hydrogen-bond acceptors (Lipinski definition) is 8. The molecule has 0 radical (unpaired) electrons. The number of carbonyl (C=O) groups excluding carboxylic acids is 3. The second kappa shape index (κ2) is 13.2. The molecule has 1 saturated heterocycles. The predicted molar refractivity (Wildman–Crippen MR) is 163 cm³/mol. The molecule has 0 saturated carbocycles. The Hall–Kier alpha value is -3.15. The second-order valence-corrected chi connectivity index (χ2v) is 13.5. The summed E-state index contributed by atoms with van der Waals surface area (Å²) in [6, 6.07) is 15.0. The number of carbonyl (C=O) groups is 3. The van der Waals surface area contributed by atoms with E-state index in [-0.39, 0.29) is 17.7 Å². The van der Waals surface area contributed by atoms with Crippen LogP contribution < -0.4 is 10.6 Å². The number of hydrogen-bond donors (Lipinski definition) is 3. The normalized spacial score (nSPS) is 17.7. The number of aromatic nitrogens is 1. The summed E-state index contributed by atoms with van der Waals surface area (Å²) in [5.74, 6) is -0.202. The molecular formula is C30H38N4O5S2. The molecule has 3 aromatic rings. The smallest absolute Gasteiger partial charge is 0.408 e. The number of fused-ring (bicyclic) bond motifs is 1. The Labute approximate surface area is 249 Å². The van der Waals surface area contributed by atoms with Crippen LogP contribution >= 0.6 is 23.1 Å². The number of amides is 3. The molecule has 1 unspecified atom stereocenters. The first-order chi connectivity index (χ1) is 19.4. The first kappa shape index (κ1) is 30.8. The molecule has 4 rings (SSSR count). The topological polar surface area (TPSA) is 121 Å². The molecule has 1 aliphatic rings. The molecule has 0 spiro atoms. The first-order valence-corrected chi connectivity index (χ1v) is 15.7. The van der Waals surface area contributed by atoms with Crippen LogP contribution in [0.1, 0.15) is 51.3 Å². The summed E-state index contributed by atoms with van der Waals surface area (Å²) >= 11 is 2.86. The van der Waals surface area contributed by atoms with Gasteiger partial charge in [0.2, 0.25) is 11.8 Å². The van der Waals surface area contributed by atoms with Crippen molar-refractivity contribution < 1.29 is 24.2 Å². The van der Waals surface area contributed by atoms with E-state index in [0.717, 1.165) is 15.8 Å². The molecule has 220 valence electrons. The lowest BCUT2D eigenvalue weighted by atomic mass is 10.0. The molecule has 1 aliphatic heterocycles. The highest BCUT2D eigenvalue weighted by Crippen LogP contribution is 2.30. The Morgan fingerprint density at radius 1 is 1.07 bits per heavy atom. The number of rotatable bonds is 9. The molecular weight excluding hydrogens is 560 g/mol. The average molecular weight is 599 g/mol. The standard InChI is InChI=1S/C30H38N4O5S2/c1-18(2)24(33-29(38)39-30(3,4)5)28(37)34-17-40-16-22(34)26(36)31-21(15-19-11-7-6-8-12-19)25(35)27-32-20-13-9-10-14-23(20)41-27/h6-14,18,21-22,24-25,35H,15-17H2,1-5H3,(H,31,36)(H,33,38)/t21-,22-,24-,25?/m0/s1. The highest BCUT2D eigenvalue weighted by molar-refractivity contribution is 7.99. The molecule has 0 aliphatic carbocycles. The number of nitrogens with one attached hydrogen (secondary N) is 2. The van der Waals surface area contributed by atoms with Crippen molar-refractivity contribution in [2.45, 2.75) is 70.9 Å². The molecule has 1 aromatic heterocycles. The highest BCUT2D eigenvalue weighted by Gasteiger charge is 2.41. The number of aliphatic hydroxyl groups excluding tert-OH is 1. The van der Waals surface area contributed by atoms with E-state index in [2.05, 4.69) is 15.6 Å². The second-order valence-electron chi connectivity index (χ2n) is 11.5. The van der Waals surface area contributed by atoms with E-state index in [0.29, 0.717) is 23.1 Å². The zero-order chi connectivity index (χ0) is 29.7. The molecule has 2 aromatic carbocycles. The van der Waals surface area contributed by atoms with Crippen LogP contribution in [0.4, 0.5) is 4.79 Å². The fraction of sp³-hybridized carbons (Fsp3) is 0.467. The highest BCUT2D eigenvalue weighted by atomic mass is 32.2. The first-order valence-electron chi connectivity index (χ1n) is 13.7.